The summed E-state index contributed by atoms with van der Waals surface area (Å²) in [7, 11) is 0. The van der Waals surface area contributed by atoms with Gasteiger partial charge in [-0.05, 0) is 18.2 Å². The number of halogens is 2. The lowest BCUT2D eigenvalue weighted by molar-refractivity contribution is 0.572. The third-order valence-corrected chi connectivity index (χ3v) is 3.14. The highest BCUT2D eigenvalue weighted by Crippen LogP contribution is 2.33. The highest BCUT2D eigenvalue weighted by atomic mass is 35.5. The first-order chi connectivity index (χ1) is 7.79. The summed E-state index contributed by atoms with van der Waals surface area (Å²) in [5.41, 5.74) is 8.29. The molecule has 0 radical (unpaired) electrons. The number of pyridine rings is 1. The number of aromatic nitrogens is 1. The molecule has 0 aliphatic carbocycles. The summed E-state index contributed by atoms with van der Waals surface area (Å²) in [6, 6.07) is 5.34. The Kier molecular flexibility index (Phi) is 2.96. The van der Waals surface area contributed by atoms with Gasteiger partial charge in [-0.1, -0.05) is 44.0 Å². The molecule has 1 heterocycles. The van der Waals surface area contributed by atoms with Crippen molar-refractivity contribution in [3.05, 3.63) is 33.9 Å². The van der Waals surface area contributed by atoms with Crippen LogP contribution in [0, 0.1) is 0 Å². The van der Waals surface area contributed by atoms with Crippen LogP contribution in [0.2, 0.25) is 10.0 Å². The SMILES string of the molecule is CC(C)(C)c1cc(N)c2c(Cl)cc(Cl)cc2n1. The number of nitrogens with zero attached hydrogens (tertiary/aromatic N) is 1. The minimum absolute atomic E-state index is 0.0584. The summed E-state index contributed by atoms with van der Waals surface area (Å²) in [4.78, 5) is 4.58. The van der Waals surface area contributed by atoms with Crippen LogP contribution >= 0.6 is 23.2 Å². The van der Waals surface area contributed by atoms with Gasteiger partial charge in [0, 0.05) is 27.2 Å². The summed E-state index contributed by atoms with van der Waals surface area (Å²) < 4.78 is 0. The lowest BCUT2D eigenvalue weighted by Gasteiger charge is -2.19. The highest BCUT2D eigenvalue weighted by Gasteiger charge is 2.18. The van der Waals surface area contributed by atoms with E-state index in [9.17, 15) is 0 Å². The van der Waals surface area contributed by atoms with Gasteiger partial charge >= 0.3 is 0 Å². The lowest BCUT2D eigenvalue weighted by atomic mass is 9.91. The molecule has 2 rings (SSSR count). The van der Waals surface area contributed by atoms with Crippen LogP contribution < -0.4 is 5.73 Å². The Balaban J connectivity index is 2.82. The van der Waals surface area contributed by atoms with Crippen LogP contribution in [-0.4, -0.2) is 4.98 Å². The molecule has 0 saturated heterocycles. The number of nitrogens with two attached hydrogens (primary N) is 1. The zero-order valence-electron chi connectivity index (χ0n) is 10.0. The summed E-state index contributed by atoms with van der Waals surface area (Å²) in [6.45, 7) is 6.27. The van der Waals surface area contributed by atoms with Gasteiger partial charge in [0.2, 0.25) is 0 Å². The summed E-state index contributed by atoms with van der Waals surface area (Å²) >= 11 is 12.1. The van der Waals surface area contributed by atoms with Crippen molar-refractivity contribution in [3.8, 4) is 0 Å². The van der Waals surface area contributed by atoms with E-state index in [2.05, 4.69) is 25.8 Å². The van der Waals surface area contributed by atoms with Gasteiger partial charge in [0.05, 0.1) is 10.5 Å². The average molecular weight is 269 g/mol. The molecular weight excluding hydrogens is 255 g/mol. The maximum absolute atomic E-state index is 6.13. The molecule has 0 aliphatic heterocycles. The minimum atomic E-state index is -0.0584. The molecular formula is C13H14Cl2N2. The van der Waals surface area contributed by atoms with Gasteiger partial charge < -0.3 is 5.73 Å². The topological polar surface area (TPSA) is 38.9 Å². The van der Waals surface area contributed by atoms with Gasteiger partial charge in [0.1, 0.15) is 0 Å². The van der Waals surface area contributed by atoms with Gasteiger partial charge in [-0.2, -0.15) is 0 Å². The number of rotatable bonds is 0. The van der Waals surface area contributed by atoms with E-state index >= 15 is 0 Å². The maximum atomic E-state index is 6.13. The van der Waals surface area contributed by atoms with Gasteiger partial charge in [-0.3, -0.25) is 4.98 Å². The Morgan fingerprint density at radius 1 is 1.12 bits per heavy atom. The third-order valence-electron chi connectivity index (χ3n) is 2.62. The van der Waals surface area contributed by atoms with E-state index in [1.807, 2.05) is 6.07 Å². The number of nitrogen functional groups attached to an aromatic ring is 1. The molecule has 4 heteroatoms. The Bertz CT molecular complexity index is 586. The minimum Gasteiger partial charge on any atom is -0.398 e. The quantitative estimate of drug-likeness (QED) is 0.768. The van der Waals surface area contributed by atoms with E-state index in [1.165, 1.54) is 0 Å². The van der Waals surface area contributed by atoms with Crippen LogP contribution in [0.5, 0.6) is 0 Å². The van der Waals surface area contributed by atoms with E-state index in [4.69, 9.17) is 28.9 Å². The van der Waals surface area contributed by atoms with Crippen molar-refractivity contribution in [1.82, 2.24) is 4.98 Å². The van der Waals surface area contributed by atoms with Crippen LogP contribution in [0.1, 0.15) is 26.5 Å². The second-order valence-electron chi connectivity index (χ2n) is 5.13. The van der Waals surface area contributed by atoms with Crippen LogP contribution in [0.4, 0.5) is 5.69 Å². The Morgan fingerprint density at radius 3 is 2.35 bits per heavy atom. The zero-order valence-corrected chi connectivity index (χ0v) is 11.5. The van der Waals surface area contributed by atoms with Crippen molar-refractivity contribution in [3.63, 3.8) is 0 Å². The molecule has 0 bridgehead atoms. The van der Waals surface area contributed by atoms with Gasteiger partial charge in [-0.15, -0.1) is 0 Å². The number of hydrogen-bond donors (Lipinski definition) is 1. The molecule has 0 spiro atoms. The van der Waals surface area contributed by atoms with E-state index in [0.29, 0.717) is 15.7 Å². The highest BCUT2D eigenvalue weighted by molar-refractivity contribution is 6.39. The zero-order chi connectivity index (χ0) is 12.8. The third kappa shape index (κ3) is 2.33. The summed E-state index contributed by atoms with van der Waals surface area (Å²) in [5, 5.41) is 1.88. The van der Waals surface area contributed by atoms with E-state index < -0.39 is 0 Å². The molecule has 2 N–H and O–H groups in total. The molecule has 2 aromatic rings. The maximum Gasteiger partial charge on any atom is 0.0756 e. The Labute approximate surface area is 111 Å². The number of fused-ring (bicyclic) bond motifs is 1. The molecule has 2 nitrogen and oxygen atoms in total. The summed E-state index contributed by atoms with van der Waals surface area (Å²) in [6.07, 6.45) is 0. The fraction of sp³-hybridized carbons (Fsp3) is 0.308. The second kappa shape index (κ2) is 4.04. The van der Waals surface area contributed by atoms with Crippen molar-refractivity contribution >= 4 is 39.8 Å². The lowest BCUT2D eigenvalue weighted by Crippen LogP contribution is -2.14. The van der Waals surface area contributed by atoms with Gasteiger partial charge in [0.25, 0.3) is 0 Å². The Hall–Kier alpha value is -0.990. The average Bonchev–Trinajstić information content (AvgIpc) is 2.13. The number of anilines is 1. The second-order valence-corrected chi connectivity index (χ2v) is 5.97. The van der Waals surface area contributed by atoms with Gasteiger partial charge in [-0.25, -0.2) is 0 Å². The van der Waals surface area contributed by atoms with E-state index in [1.54, 1.807) is 12.1 Å². The molecule has 0 atom stereocenters. The first-order valence-corrected chi connectivity index (χ1v) is 6.10. The van der Waals surface area contributed by atoms with Crippen molar-refractivity contribution in [1.29, 1.82) is 0 Å². The van der Waals surface area contributed by atoms with Gasteiger partial charge in [0.15, 0.2) is 0 Å². The summed E-state index contributed by atoms with van der Waals surface area (Å²) in [5.74, 6) is 0. The van der Waals surface area contributed by atoms with E-state index in [0.717, 1.165) is 16.6 Å². The van der Waals surface area contributed by atoms with Crippen LogP contribution in [0.3, 0.4) is 0 Å². The molecule has 1 aromatic heterocycles. The van der Waals surface area contributed by atoms with Crippen LogP contribution in [-0.2, 0) is 5.41 Å². The van der Waals surface area contributed by atoms with Crippen molar-refractivity contribution in [2.75, 3.05) is 5.73 Å². The van der Waals surface area contributed by atoms with Crippen LogP contribution in [0.25, 0.3) is 10.9 Å². The molecule has 0 unspecified atom stereocenters. The molecule has 0 amide bonds. The normalized spacial score (nSPS) is 12.1. The first-order valence-electron chi connectivity index (χ1n) is 5.35. The molecule has 0 aliphatic rings. The monoisotopic (exact) mass is 268 g/mol. The predicted octanol–water partition coefficient (Wildman–Crippen LogP) is 4.42. The standard InChI is InChI=1S/C13H14Cl2N2/c1-13(2,3)11-6-9(16)12-8(15)4-7(14)5-10(12)17-11/h4-6H,1-3H3,(H2,16,17). The molecule has 90 valence electrons. The van der Waals surface area contributed by atoms with E-state index in [-0.39, 0.29) is 5.41 Å². The predicted molar refractivity (Wildman–Crippen MR) is 74.9 cm³/mol. The van der Waals surface area contributed by atoms with Crippen LogP contribution in [0.15, 0.2) is 18.2 Å². The number of benzene rings is 1. The Morgan fingerprint density at radius 2 is 1.76 bits per heavy atom. The molecule has 0 fully saturated rings. The number of hydrogen-bond acceptors (Lipinski definition) is 2. The largest absolute Gasteiger partial charge is 0.398 e. The fourth-order valence-corrected chi connectivity index (χ4v) is 2.29. The molecule has 17 heavy (non-hydrogen) atoms. The molecule has 1 aromatic carbocycles. The van der Waals surface area contributed by atoms with Crippen molar-refractivity contribution in [2.45, 2.75) is 26.2 Å². The van der Waals surface area contributed by atoms with Crippen molar-refractivity contribution in [2.24, 2.45) is 0 Å². The fourth-order valence-electron chi connectivity index (χ4n) is 1.70. The van der Waals surface area contributed by atoms with Crippen molar-refractivity contribution < 1.29 is 0 Å². The smallest absolute Gasteiger partial charge is 0.0756 e. The first kappa shape index (κ1) is 12.5. The molecule has 0 saturated carbocycles.